The van der Waals surface area contributed by atoms with Crippen molar-refractivity contribution in [2.45, 2.75) is 0 Å². The van der Waals surface area contributed by atoms with E-state index in [1.165, 1.54) is 62.6 Å². The van der Waals surface area contributed by atoms with Crippen LogP contribution in [0.2, 0.25) is 0 Å². The molecule has 202 valence electrons. The molecule has 0 saturated heterocycles. The van der Waals surface area contributed by atoms with Crippen molar-refractivity contribution in [2.75, 3.05) is 14.1 Å². The summed E-state index contributed by atoms with van der Waals surface area (Å²) in [6, 6.07) is 10.7. The molecule has 0 radical (unpaired) electrons. The molecule has 4 aliphatic rings. The molecule has 4 heterocycles. The Hall–Kier alpha value is -6.04. The van der Waals surface area contributed by atoms with E-state index in [4.69, 9.17) is 0 Å². The fourth-order valence-corrected chi connectivity index (χ4v) is 6.33. The van der Waals surface area contributed by atoms with Gasteiger partial charge in [0.25, 0.3) is 47.3 Å². The lowest BCUT2D eigenvalue weighted by Gasteiger charge is -2.38. The minimum atomic E-state index is -1.00. The molecule has 12 heteroatoms. The number of carbonyl (C=O) groups excluding carboxylic acids is 8. The number of amides is 8. The average molecular weight is 558 g/mol. The minimum absolute atomic E-state index is 0.0776. The molecule has 0 saturated carbocycles. The van der Waals surface area contributed by atoms with Gasteiger partial charge in [0.2, 0.25) is 0 Å². The summed E-state index contributed by atoms with van der Waals surface area (Å²) in [4.78, 5) is 109. The van der Waals surface area contributed by atoms with Crippen molar-refractivity contribution in [3.63, 3.8) is 0 Å². The molecule has 42 heavy (non-hydrogen) atoms. The van der Waals surface area contributed by atoms with Gasteiger partial charge in [-0.1, -0.05) is 0 Å². The smallest absolute Gasteiger partial charge is 0.277 e. The Kier molecular flexibility index (Phi) is 4.18. The highest BCUT2D eigenvalue weighted by atomic mass is 16.2. The Morgan fingerprint density at radius 1 is 0.310 bits per heavy atom. The molecular formula is C30H14N4O8. The Balaban J connectivity index is 1.32. The van der Waals surface area contributed by atoms with Gasteiger partial charge < -0.3 is 0 Å². The monoisotopic (exact) mass is 558 g/mol. The lowest BCUT2D eigenvalue weighted by Crippen LogP contribution is -2.58. The minimum Gasteiger partial charge on any atom is -0.277 e. The third-order valence-electron chi connectivity index (χ3n) is 8.35. The molecular weight excluding hydrogens is 544 g/mol. The summed E-state index contributed by atoms with van der Waals surface area (Å²) in [7, 11) is 2.66. The highest BCUT2D eigenvalue weighted by molar-refractivity contribution is 6.37. The molecule has 0 spiro atoms. The van der Waals surface area contributed by atoms with Crippen LogP contribution in [0.15, 0.2) is 48.5 Å². The van der Waals surface area contributed by atoms with Crippen LogP contribution in [-0.4, -0.2) is 81.2 Å². The number of imide groups is 4. The van der Waals surface area contributed by atoms with Crippen LogP contribution in [0.5, 0.6) is 0 Å². The van der Waals surface area contributed by atoms with Crippen LogP contribution in [0.1, 0.15) is 82.9 Å². The molecule has 4 aromatic rings. The molecule has 4 aliphatic heterocycles. The fraction of sp³-hybridized carbons (Fsp3) is 0.0667. The molecule has 8 amide bonds. The maximum atomic E-state index is 13.9. The van der Waals surface area contributed by atoms with Crippen molar-refractivity contribution in [1.29, 1.82) is 0 Å². The maximum Gasteiger partial charge on any atom is 0.281 e. The lowest BCUT2D eigenvalue weighted by molar-refractivity contribution is 0.00211. The van der Waals surface area contributed by atoms with E-state index in [-0.39, 0.29) is 66.1 Å². The second-order valence-electron chi connectivity index (χ2n) is 10.3. The van der Waals surface area contributed by atoms with E-state index in [1.54, 1.807) is 0 Å². The normalized spacial score (nSPS) is 17.5. The third-order valence-corrected chi connectivity index (χ3v) is 8.35. The van der Waals surface area contributed by atoms with Gasteiger partial charge in [-0.25, -0.2) is 0 Å². The molecule has 4 aromatic carbocycles. The second-order valence-corrected chi connectivity index (χ2v) is 10.3. The van der Waals surface area contributed by atoms with Gasteiger partial charge in [0.05, 0.1) is 22.3 Å². The quantitative estimate of drug-likeness (QED) is 0.323. The van der Waals surface area contributed by atoms with Crippen molar-refractivity contribution >= 4 is 68.8 Å². The molecule has 0 bridgehead atoms. The number of rotatable bonds is 1. The maximum absolute atomic E-state index is 13.9. The van der Waals surface area contributed by atoms with Crippen LogP contribution < -0.4 is 0 Å². The summed E-state index contributed by atoms with van der Waals surface area (Å²) in [5.41, 5.74) is 0.228. The number of benzene rings is 4. The standard InChI is InChI=1S/C30H14N4O8/c1-31-23(35)11-3-7-15-21-16(8-4-12(19(11)21)24(31)36)28(40)33(27(15)39)34-29(41)17-9-5-13-20-14(26(38)32(2)25(13)37)6-10-18(22(17)20)30(34)42/h3-10H,1-2H3. The van der Waals surface area contributed by atoms with E-state index >= 15 is 0 Å². The van der Waals surface area contributed by atoms with Crippen molar-refractivity contribution in [2.24, 2.45) is 0 Å². The summed E-state index contributed by atoms with van der Waals surface area (Å²) in [6.07, 6.45) is 0. The van der Waals surface area contributed by atoms with Crippen LogP contribution in [-0.2, 0) is 0 Å². The van der Waals surface area contributed by atoms with Gasteiger partial charge in [-0.05, 0) is 48.5 Å². The van der Waals surface area contributed by atoms with E-state index < -0.39 is 47.3 Å². The first-order valence-electron chi connectivity index (χ1n) is 12.7. The van der Waals surface area contributed by atoms with Gasteiger partial charge in [0.15, 0.2) is 0 Å². The Morgan fingerprint density at radius 2 is 0.476 bits per heavy atom. The van der Waals surface area contributed by atoms with Crippen LogP contribution in [0, 0.1) is 0 Å². The third kappa shape index (κ3) is 2.48. The van der Waals surface area contributed by atoms with Gasteiger partial charge in [-0.2, -0.15) is 10.0 Å². The molecule has 0 atom stereocenters. The molecule has 0 aromatic heterocycles. The van der Waals surface area contributed by atoms with Crippen LogP contribution in [0.3, 0.4) is 0 Å². The number of hydrazine groups is 1. The van der Waals surface area contributed by atoms with E-state index in [2.05, 4.69) is 0 Å². The zero-order valence-corrected chi connectivity index (χ0v) is 21.7. The number of hydrogen-bond acceptors (Lipinski definition) is 8. The number of hydrogen-bond donors (Lipinski definition) is 0. The van der Waals surface area contributed by atoms with E-state index in [9.17, 15) is 38.4 Å². The van der Waals surface area contributed by atoms with E-state index in [0.717, 1.165) is 9.80 Å². The molecule has 8 rings (SSSR count). The molecule has 0 aliphatic carbocycles. The first-order valence-corrected chi connectivity index (χ1v) is 12.7. The van der Waals surface area contributed by atoms with E-state index in [1.807, 2.05) is 0 Å². The lowest BCUT2D eigenvalue weighted by atomic mass is 9.85. The van der Waals surface area contributed by atoms with Gasteiger partial charge in [0.1, 0.15) is 0 Å². The van der Waals surface area contributed by atoms with Crippen molar-refractivity contribution in [3.8, 4) is 0 Å². The molecule has 12 nitrogen and oxygen atoms in total. The zero-order chi connectivity index (χ0) is 29.5. The van der Waals surface area contributed by atoms with Gasteiger partial charge >= 0.3 is 0 Å². The first-order chi connectivity index (χ1) is 20.0. The van der Waals surface area contributed by atoms with Gasteiger partial charge in [0, 0.05) is 57.9 Å². The van der Waals surface area contributed by atoms with Crippen molar-refractivity contribution in [1.82, 2.24) is 19.8 Å². The van der Waals surface area contributed by atoms with Gasteiger partial charge in [-0.15, -0.1) is 0 Å². The van der Waals surface area contributed by atoms with Crippen LogP contribution >= 0.6 is 0 Å². The average Bonchev–Trinajstić information content (AvgIpc) is 2.99. The number of carbonyl (C=O) groups is 8. The van der Waals surface area contributed by atoms with Gasteiger partial charge in [-0.3, -0.25) is 48.2 Å². The highest BCUT2D eigenvalue weighted by Crippen LogP contribution is 2.41. The Bertz CT molecular complexity index is 1900. The summed E-state index contributed by atoms with van der Waals surface area (Å²) in [5, 5.41) is 1.38. The Labute approximate surface area is 234 Å². The summed E-state index contributed by atoms with van der Waals surface area (Å²) in [5.74, 6) is -6.40. The fourth-order valence-electron chi connectivity index (χ4n) is 6.33. The zero-order valence-electron chi connectivity index (χ0n) is 21.7. The summed E-state index contributed by atoms with van der Waals surface area (Å²) >= 11 is 0. The van der Waals surface area contributed by atoms with Crippen molar-refractivity contribution < 1.29 is 38.4 Å². The summed E-state index contributed by atoms with van der Waals surface area (Å²) < 4.78 is 0. The first kappa shape index (κ1) is 23.8. The predicted molar refractivity (Wildman–Crippen MR) is 142 cm³/mol. The topological polar surface area (TPSA) is 150 Å². The molecule has 0 N–H and O–H groups in total. The van der Waals surface area contributed by atoms with Crippen LogP contribution in [0.4, 0.5) is 0 Å². The molecule has 0 unspecified atom stereocenters. The second kappa shape index (κ2) is 7.37. The van der Waals surface area contributed by atoms with E-state index in [0.29, 0.717) is 10.0 Å². The number of nitrogens with zero attached hydrogens (tertiary/aromatic N) is 4. The summed E-state index contributed by atoms with van der Waals surface area (Å²) in [6.45, 7) is 0. The van der Waals surface area contributed by atoms with Crippen LogP contribution in [0.25, 0.3) is 21.5 Å². The molecule has 0 fully saturated rings. The predicted octanol–water partition coefficient (Wildman–Crippen LogP) is 2.25. The Morgan fingerprint density at radius 3 is 0.667 bits per heavy atom. The van der Waals surface area contributed by atoms with Crippen molar-refractivity contribution in [3.05, 3.63) is 93.0 Å². The SMILES string of the molecule is CN1C(=O)c2ccc3c4c(ccc(c24)C1=O)C(=O)N(N1C(=O)c2ccc4c5c(ccc(c25)C1=O)C(=O)N(C)C4=O)C3=O. The largest absolute Gasteiger partial charge is 0.281 e. The highest BCUT2D eigenvalue weighted by Gasteiger charge is 2.48.